The van der Waals surface area contributed by atoms with Gasteiger partial charge in [-0.25, -0.2) is 0 Å². The van der Waals surface area contributed by atoms with Gasteiger partial charge < -0.3 is 74.4 Å². The molecule has 0 atom stereocenters. The average molecular weight is 1500 g/mol. The van der Waals surface area contributed by atoms with Crippen LogP contribution in [0.3, 0.4) is 0 Å². The molecule has 0 saturated heterocycles. The second-order valence-corrected chi connectivity index (χ2v) is 29.8. The monoisotopic (exact) mass is 1500 g/mol. The maximum absolute atomic E-state index is 12.6. The van der Waals surface area contributed by atoms with Gasteiger partial charge in [0.05, 0.1) is 32.5 Å². The zero-order chi connectivity index (χ0) is 81.7. The maximum Gasteiger partial charge on any atom is 0.316 e. The molecule has 10 rings (SSSR count). The van der Waals surface area contributed by atoms with Crippen molar-refractivity contribution >= 4 is 78.9 Å². The summed E-state index contributed by atoms with van der Waals surface area (Å²) in [5.41, 5.74) is -3.26. The van der Waals surface area contributed by atoms with Gasteiger partial charge >= 0.3 is 35.8 Å². The van der Waals surface area contributed by atoms with Crippen LogP contribution in [0.25, 0.3) is 43.1 Å². The van der Waals surface area contributed by atoms with Crippen molar-refractivity contribution in [2.75, 3.05) is 0 Å². The lowest BCUT2D eigenvalue weighted by Gasteiger charge is -2.22. The molecule has 0 spiro atoms. The highest BCUT2D eigenvalue weighted by atomic mass is 16.6. The van der Waals surface area contributed by atoms with E-state index in [1.807, 2.05) is 164 Å². The fourth-order valence-electron chi connectivity index (χ4n) is 8.92. The number of hydrogen-bond acceptors (Lipinski definition) is 21. The first-order chi connectivity index (χ1) is 50.9. The Balaban J connectivity index is 0.000000236. The fraction of sp³-hybridized carbons (Fsp3) is 0.341. The lowest BCUT2D eigenvalue weighted by Crippen LogP contribution is -2.28. The number of phenolic OH excluding ortho intramolecular Hbond substituents is 9. The number of fused-ring (bicyclic) bond motifs is 4. The number of carbonyl (C=O) groups excluding carboxylic acids is 6. The SMILES string of the molecule is CCC(C)(C)C(=O)Oc1c2ccccc2c(O)c2ccccc12.CCC(C)(C)C(=O)Oc1cc(O)cc(O)c1.CCC(C)(C)C(=O)Oc1ccc(O)c(O)c1.CCC(C)(C)C(=O)Oc1ccc(O)c2cc(O)ccc12.CCC(C)(C)C(=O)Oc1ccc(O)c2ccccc12.CCC(C)(C)C(=O)Oc1ccc(O)cc1. The molecule has 0 aliphatic heterocycles. The number of hydrogen-bond donors (Lipinski definition) is 9. The van der Waals surface area contributed by atoms with Crippen LogP contribution in [0.5, 0.6) is 86.2 Å². The van der Waals surface area contributed by atoms with Crippen molar-refractivity contribution in [3.63, 3.8) is 0 Å². The van der Waals surface area contributed by atoms with Crippen molar-refractivity contribution in [2.45, 2.75) is 163 Å². The minimum Gasteiger partial charge on any atom is -0.508 e. The van der Waals surface area contributed by atoms with Crippen LogP contribution in [0, 0.1) is 32.5 Å². The lowest BCUT2D eigenvalue weighted by atomic mass is 9.90. The molecule has 0 unspecified atom stereocenters. The first-order valence-electron chi connectivity index (χ1n) is 35.9. The molecule has 0 aliphatic carbocycles. The van der Waals surface area contributed by atoms with Crippen molar-refractivity contribution in [2.24, 2.45) is 32.5 Å². The summed E-state index contributed by atoms with van der Waals surface area (Å²) in [7, 11) is 0. The van der Waals surface area contributed by atoms with E-state index in [1.54, 1.807) is 70.2 Å². The summed E-state index contributed by atoms with van der Waals surface area (Å²) in [4.78, 5) is 71.9. The van der Waals surface area contributed by atoms with Gasteiger partial charge in [-0.1, -0.05) is 114 Å². The highest BCUT2D eigenvalue weighted by Crippen LogP contribution is 2.44. The van der Waals surface area contributed by atoms with Crippen LogP contribution in [0.4, 0.5) is 0 Å². The summed E-state index contributed by atoms with van der Waals surface area (Å²) < 4.78 is 32.1. The highest BCUT2D eigenvalue weighted by Gasteiger charge is 2.33. The summed E-state index contributed by atoms with van der Waals surface area (Å²) in [5, 5.41) is 90.7. The Labute approximate surface area is 636 Å². The predicted molar refractivity (Wildman–Crippen MR) is 422 cm³/mol. The molecule has 10 aromatic carbocycles. The van der Waals surface area contributed by atoms with Crippen LogP contribution in [-0.2, 0) is 28.8 Å². The molecule has 0 bridgehead atoms. The summed E-state index contributed by atoms with van der Waals surface area (Å²) in [6.45, 7) is 33.5. The summed E-state index contributed by atoms with van der Waals surface area (Å²) in [5.74, 6) is 0.164. The number of aromatic hydroxyl groups is 9. The normalized spacial score (nSPS) is 11.4. The maximum atomic E-state index is 12.6. The fourth-order valence-corrected chi connectivity index (χ4v) is 8.92. The van der Waals surface area contributed by atoms with Crippen molar-refractivity contribution in [1.29, 1.82) is 0 Å². The number of rotatable bonds is 18. The van der Waals surface area contributed by atoms with E-state index in [0.29, 0.717) is 82.0 Å². The minimum absolute atomic E-state index is 0.0328. The van der Waals surface area contributed by atoms with Crippen LogP contribution in [0.15, 0.2) is 176 Å². The highest BCUT2D eigenvalue weighted by molar-refractivity contribution is 6.12. The zero-order valence-corrected chi connectivity index (χ0v) is 65.4. The van der Waals surface area contributed by atoms with Gasteiger partial charge in [-0.3, -0.25) is 28.8 Å². The van der Waals surface area contributed by atoms with Crippen molar-refractivity contribution in [1.82, 2.24) is 0 Å². The summed E-state index contributed by atoms with van der Waals surface area (Å²) in [6.07, 6.45) is 4.11. The molecule has 0 fully saturated rings. The molecule has 10 aromatic rings. The van der Waals surface area contributed by atoms with E-state index >= 15 is 0 Å². The Morgan fingerprint density at radius 1 is 0.248 bits per heavy atom. The standard InChI is InChI=1S/C20H20O3.C16H18O4.C16H18O3.2C12H16O4.C12H16O3/c1-4-20(2,3)19(22)23-18-15-11-7-5-9-13(15)17(21)14-10-6-8-12-16(14)18;1-4-16(2,3)15(19)20-14-8-7-13(18)12-9-10(17)5-6-11(12)14;1-4-16(2,3)15(18)19-14-10-9-13(17)11-7-5-6-8-12(11)14;1-4-12(2,3)11(15)16-10-6-8(13)5-9(14)7-10;1-4-12(2,3)11(15)16-8-5-6-9(13)10(14)7-8;1-4-12(2,3)11(14)15-10-7-5-9(13)6-8-10/h5-12,21H,4H2,1-3H3;5-9,17-18H,4H2,1-3H3;5-10,17H,4H2,1-3H3;2*5-7,13-14H,4H2,1-3H3;5-8,13H,4H2,1-3H3. The van der Waals surface area contributed by atoms with Crippen molar-refractivity contribution < 1.29 is 103 Å². The molecule has 9 N–H and O–H groups in total. The van der Waals surface area contributed by atoms with Gasteiger partial charge in [0, 0.05) is 67.4 Å². The molecule has 0 amide bonds. The minimum atomic E-state index is -0.582. The molecule has 0 aromatic heterocycles. The van der Waals surface area contributed by atoms with Crippen LogP contribution < -0.4 is 28.4 Å². The molecule has 0 heterocycles. The number of esters is 6. The third-order valence-corrected chi connectivity index (χ3v) is 19.2. The van der Waals surface area contributed by atoms with Crippen molar-refractivity contribution in [3.05, 3.63) is 176 Å². The zero-order valence-electron chi connectivity index (χ0n) is 65.4. The van der Waals surface area contributed by atoms with Gasteiger partial charge in [0.2, 0.25) is 0 Å². The van der Waals surface area contributed by atoms with E-state index < -0.39 is 32.5 Å². The van der Waals surface area contributed by atoms with E-state index in [2.05, 4.69) is 0 Å². The van der Waals surface area contributed by atoms with Gasteiger partial charge in [-0.05, 0) is 200 Å². The average Bonchev–Trinajstić information content (AvgIpc) is 0.758. The Bertz CT molecular complexity index is 4750. The second-order valence-electron chi connectivity index (χ2n) is 29.8. The molecule has 21 heteroatoms. The Hall–Kier alpha value is -11.7. The molecule has 0 aliphatic rings. The van der Waals surface area contributed by atoms with Gasteiger partial charge in [0.25, 0.3) is 0 Å². The lowest BCUT2D eigenvalue weighted by molar-refractivity contribution is -0.144. The topological polar surface area (TPSA) is 340 Å². The van der Waals surface area contributed by atoms with E-state index in [4.69, 9.17) is 38.6 Å². The summed E-state index contributed by atoms with van der Waals surface area (Å²) >= 11 is 0. The number of carbonyl (C=O) groups is 6. The quantitative estimate of drug-likeness (QED) is 0.0167. The Morgan fingerprint density at radius 2 is 0.560 bits per heavy atom. The largest absolute Gasteiger partial charge is 0.508 e. The van der Waals surface area contributed by atoms with Gasteiger partial charge in [0.15, 0.2) is 11.5 Å². The third-order valence-electron chi connectivity index (χ3n) is 19.2. The number of ether oxygens (including phenoxy) is 6. The van der Waals surface area contributed by atoms with E-state index in [-0.39, 0.29) is 99.1 Å². The molecule has 0 radical (unpaired) electrons. The Morgan fingerprint density at radius 3 is 0.963 bits per heavy atom. The second kappa shape index (κ2) is 37.7. The Kier molecular flexibility index (Phi) is 30.4. The van der Waals surface area contributed by atoms with Crippen LogP contribution in [0.1, 0.15) is 163 Å². The van der Waals surface area contributed by atoms with Crippen LogP contribution in [-0.4, -0.2) is 81.8 Å². The van der Waals surface area contributed by atoms with E-state index in [1.165, 1.54) is 66.7 Å². The van der Waals surface area contributed by atoms with Crippen LogP contribution >= 0.6 is 0 Å². The number of benzene rings is 10. The molecular formula is C88H104O21. The van der Waals surface area contributed by atoms with Crippen LogP contribution in [0.2, 0.25) is 0 Å². The number of phenols is 9. The molecular weight excluding hydrogens is 1390 g/mol. The van der Waals surface area contributed by atoms with Gasteiger partial charge in [0.1, 0.15) is 74.7 Å². The summed E-state index contributed by atoms with van der Waals surface area (Å²) in [6, 6.07) is 46.7. The van der Waals surface area contributed by atoms with E-state index in [0.717, 1.165) is 22.6 Å². The van der Waals surface area contributed by atoms with Gasteiger partial charge in [-0.15, -0.1) is 0 Å². The first kappa shape index (κ1) is 87.9. The van der Waals surface area contributed by atoms with Gasteiger partial charge in [-0.2, -0.15) is 0 Å². The predicted octanol–water partition coefficient (Wildman–Crippen LogP) is 20.1. The smallest absolute Gasteiger partial charge is 0.316 e. The molecule has 582 valence electrons. The van der Waals surface area contributed by atoms with Crippen molar-refractivity contribution in [3.8, 4) is 86.2 Å². The molecule has 0 saturated carbocycles. The molecule has 21 nitrogen and oxygen atoms in total. The van der Waals surface area contributed by atoms with E-state index in [9.17, 15) is 64.5 Å². The first-order valence-corrected chi connectivity index (χ1v) is 35.9. The molecule has 109 heavy (non-hydrogen) atoms. The third kappa shape index (κ3) is 23.9.